The maximum atomic E-state index is 12.1. The summed E-state index contributed by atoms with van der Waals surface area (Å²) in [6, 6.07) is 8.03. The van der Waals surface area contributed by atoms with Gasteiger partial charge in [0.1, 0.15) is 9.96 Å². The number of nitrogens with zero attached hydrogens (tertiary/aromatic N) is 1. The smallest absolute Gasteiger partial charge is 0.406 e. The topological polar surface area (TPSA) is 106 Å². The molecule has 7 nitrogen and oxygen atoms in total. The van der Waals surface area contributed by atoms with Crippen LogP contribution in [-0.2, 0) is 10.0 Å². The standard InChI is InChI=1S/C14H15F3N4O3S2.HI/c15-14(16,17)24-11-5-3-10(4-6-11)21-13(18)19-7-8-20-26(22,23)12-2-1-9-25-12;/h1-6,9,20H,7-8H2,(H3,18,19,21);1H. The van der Waals surface area contributed by atoms with Crippen LogP contribution in [0.3, 0.4) is 0 Å². The maximum absolute atomic E-state index is 12.1. The first kappa shape index (κ1) is 23.5. The number of benzene rings is 1. The van der Waals surface area contributed by atoms with Crippen molar-refractivity contribution >= 4 is 57.0 Å². The molecule has 4 N–H and O–H groups in total. The lowest BCUT2D eigenvalue weighted by Crippen LogP contribution is -2.28. The van der Waals surface area contributed by atoms with Crippen LogP contribution in [0.15, 0.2) is 51.0 Å². The molecule has 0 atom stereocenters. The second-order valence-electron chi connectivity index (χ2n) is 4.79. The van der Waals surface area contributed by atoms with Crippen LogP contribution in [0, 0.1) is 0 Å². The van der Waals surface area contributed by atoms with Crippen molar-refractivity contribution in [2.24, 2.45) is 10.7 Å². The number of rotatable bonds is 7. The van der Waals surface area contributed by atoms with E-state index in [1.165, 1.54) is 18.2 Å². The third kappa shape index (κ3) is 8.32. The molecule has 2 rings (SSSR count). The maximum Gasteiger partial charge on any atom is 0.573 e. The molecule has 0 bridgehead atoms. The summed E-state index contributed by atoms with van der Waals surface area (Å²) in [6.45, 7) is 0.125. The van der Waals surface area contributed by atoms with E-state index in [2.05, 4.69) is 19.8 Å². The minimum absolute atomic E-state index is 0. The van der Waals surface area contributed by atoms with Crippen molar-refractivity contribution in [1.29, 1.82) is 0 Å². The molecule has 1 heterocycles. The van der Waals surface area contributed by atoms with Gasteiger partial charge in [-0.3, -0.25) is 4.99 Å². The molecule has 1 aromatic carbocycles. The van der Waals surface area contributed by atoms with Crippen LogP contribution in [0.5, 0.6) is 5.75 Å². The van der Waals surface area contributed by atoms with Crippen LogP contribution in [0.2, 0.25) is 0 Å². The Morgan fingerprint density at radius 3 is 2.44 bits per heavy atom. The predicted molar refractivity (Wildman–Crippen MR) is 108 cm³/mol. The molecule has 0 amide bonds. The lowest BCUT2D eigenvalue weighted by molar-refractivity contribution is -0.274. The molecule has 2 aromatic rings. The van der Waals surface area contributed by atoms with Crippen molar-refractivity contribution in [1.82, 2.24) is 4.72 Å². The molecule has 0 aliphatic heterocycles. The Labute approximate surface area is 174 Å². The monoisotopic (exact) mass is 536 g/mol. The number of nitrogens with one attached hydrogen (secondary N) is 2. The number of guanidine groups is 1. The van der Waals surface area contributed by atoms with Crippen LogP contribution >= 0.6 is 35.3 Å². The number of ether oxygens (including phenoxy) is 1. The van der Waals surface area contributed by atoms with E-state index in [-0.39, 0.29) is 53.0 Å². The van der Waals surface area contributed by atoms with Crippen molar-refractivity contribution in [3.8, 4) is 5.75 Å². The van der Waals surface area contributed by atoms with Gasteiger partial charge in [-0.15, -0.1) is 48.5 Å². The fourth-order valence-corrected chi connectivity index (χ4v) is 3.83. The molecule has 0 spiro atoms. The van der Waals surface area contributed by atoms with E-state index < -0.39 is 16.4 Å². The Morgan fingerprint density at radius 2 is 1.89 bits per heavy atom. The normalized spacial score (nSPS) is 12.3. The highest BCUT2D eigenvalue weighted by Gasteiger charge is 2.30. The largest absolute Gasteiger partial charge is 0.573 e. The molecule has 27 heavy (non-hydrogen) atoms. The molecule has 0 unspecified atom stereocenters. The highest BCUT2D eigenvalue weighted by atomic mass is 127. The van der Waals surface area contributed by atoms with Gasteiger partial charge in [0.05, 0.1) is 6.54 Å². The number of thiophene rings is 1. The third-order valence-electron chi connectivity index (χ3n) is 2.81. The zero-order chi connectivity index (χ0) is 19.2. The summed E-state index contributed by atoms with van der Waals surface area (Å²) in [6.07, 6.45) is -4.76. The Hall–Kier alpha value is -1.58. The first-order chi connectivity index (χ1) is 12.2. The van der Waals surface area contributed by atoms with E-state index in [0.717, 1.165) is 23.5 Å². The summed E-state index contributed by atoms with van der Waals surface area (Å²) in [5.74, 6) is -0.369. The van der Waals surface area contributed by atoms with Crippen LogP contribution in [0.25, 0.3) is 0 Å². The molecule has 13 heteroatoms. The second-order valence-corrected chi connectivity index (χ2v) is 7.74. The molecule has 0 radical (unpaired) electrons. The minimum Gasteiger partial charge on any atom is -0.406 e. The molecule has 0 saturated carbocycles. The van der Waals surface area contributed by atoms with Gasteiger partial charge < -0.3 is 15.8 Å². The van der Waals surface area contributed by atoms with Crippen LogP contribution in [0.1, 0.15) is 0 Å². The Morgan fingerprint density at radius 1 is 1.22 bits per heavy atom. The molecular formula is C14H16F3IN4O3S2. The number of alkyl halides is 3. The second kappa shape index (κ2) is 10.1. The SMILES string of the molecule is I.NC(=NCCNS(=O)(=O)c1cccs1)Nc1ccc(OC(F)(F)F)cc1. The number of sulfonamides is 1. The number of hydrogen-bond acceptors (Lipinski definition) is 5. The van der Waals surface area contributed by atoms with E-state index in [0.29, 0.717) is 5.69 Å². The zero-order valence-corrected chi connectivity index (χ0v) is 17.5. The summed E-state index contributed by atoms with van der Waals surface area (Å²) in [4.78, 5) is 3.93. The van der Waals surface area contributed by atoms with Crippen LogP contribution < -0.4 is 20.5 Å². The summed E-state index contributed by atoms with van der Waals surface area (Å²) in [7, 11) is -3.56. The molecule has 150 valence electrons. The quantitative estimate of drug-likeness (QED) is 0.219. The molecule has 0 fully saturated rings. The van der Waals surface area contributed by atoms with Crippen molar-refractivity contribution in [2.75, 3.05) is 18.4 Å². The first-order valence-electron chi connectivity index (χ1n) is 7.12. The first-order valence-corrected chi connectivity index (χ1v) is 9.48. The van der Waals surface area contributed by atoms with Crippen LogP contribution in [0.4, 0.5) is 18.9 Å². The Bertz CT molecular complexity index is 841. The van der Waals surface area contributed by atoms with Gasteiger partial charge in [0, 0.05) is 12.2 Å². The summed E-state index contributed by atoms with van der Waals surface area (Å²) < 4.78 is 66.3. The van der Waals surface area contributed by atoms with Crippen molar-refractivity contribution < 1.29 is 26.3 Å². The van der Waals surface area contributed by atoms with Gasteiger partial charge in [-0.05, 0) is 35.7 Å². The molecule has 0 saturated heterocycles. The molecule has 1 aromatic heterocycles. The van der Waals surface area contributed by atoms with Gasteiger partial charge in [-0.2, -0.15) is 0 Å². The number of anilines is 1. The lowest BCUT2D eigenvalue weighted by atomic mass is 10.3. The van der Waals surface area contributed by atoms with Gasteiger partial charge in [-0.25, -0.2) is 13.1 Å². The number of hydrogen-bond donors (Lipinski definition) is 3. The molecule has 0 aliphatic rings. The van der Waals surface area contributed by atoms with Crippen molar-refractivity contribution in [3.63, 3.8) is 0 Å². The number of nitrogens with two attached hydrogens (primary N) is 1. The van der Waals surface area contributed by atoms with Crippen LogP contribution in [-0.4, -0.2) is 33.8 Å². The van der Waals surface area contributed by atoms with E-state index in [1.807, 2.05) is 0 Å². The van der Waals surface area contributed by atoms with Gasteiger partial charge >= 0.3 is 6.36 Å². The Kier molecular flexibility index (Phi) is 8.77. The lowest BCUT2D eigenvalue weighted by Gasteiger charge is -2.10. The van der Waals surface area contributed by atoms with E-state index >= 15 is 0 Å². The van der Waals surface area contributed by atoms with E-state index in [1.54, 1.807) is 11.4 Å². The van der Waals surface area contributed by atoms with Gasteiger partial charge in [0.25, 0.3) is 0 Å². The average molecular weight is 536 g/mol. The number of halogens is 4. The fraction of sp³-hybridized carbons (Fsp3) is 0.214. The average Bonchev–Trinajstić information content (AvgIpc) is 3.07. The highest BCUT2D eigenvalue weighted by molar-refractivity contribution is 14.0. The summed E-state index contributed by atoms with van der Waals surface area (Å²) >= 11 is 1.10. The minimum atomic E-state index is -4.76. The molecule has 0 aliphatic carbocycles. The van der Waals surface area contributed by atoms with Gasteiger partial charge in [-0.1, -0.05) is 6.07 Å². The highest BCUT2D eigenvalue weighted by Crippen LogP contribution is 2.23. The van der Waals surface area contributed by atoms with Gasteiger partial charge in [0.2, 0.25) is 10.0 Å². The third-order valence-corrected chi connectivity index (χ3v) is 5.66. The fourth-order valence-electron chi connectivity index (χ4n) is 1.77. The summed E-state index contributed by atoms with van der Waals surface area (Å²) in [5.41, 5.74) is 6.05. The van der Waals surface area contributed by atoms with E-state index in [4.69, 9.17) is 5.73 Å². The Balaban J connectivity index is 0.00000364. The van der Waals surface area contributed by atoms with E-state index in [9.17, 15) is 21.6 Å². The zero-order valence-electron chi connectivity index (χ0n) is 13.6. The van der Waals surface area contributed by atoms with Gasteiger partial charge in [0.15, 0.2) is 5.96 Å². The molecular weight excluding hydrogens is 520 g/mol. The predicted octanol–water partition coefficient (Wildman–Crippen LogP) is 2.97. The number of aliphatic imine (C=N–C) groups is 1. The van der Waals surface area contributed by atoms with Crippen molar-refractivity contribution in [3.05, 3.63) is 41.8 Å². The van der Waals surface area contributed by atoms with Crippen molar-refractivity contribution in [2.45, 2.75) is 10.6 Å². The summed E-state index contributed by atoms with van der Waals surface area (Å²) in [5, 5.41) is 4.33.